The molecule has 3 rings (SSSR count). The predicted molar refractivity (Wildman–Crippen MR) is 73.3 cm³/mol. The number of hydrogen-bond donors (Lipinski definition) is 2. The first-order chi connectivity index (χ1) is 8.58. The summed E-state index contributed by atoms with van der Waals surface area (Å²) in [5, 5.41) is 10.9. The fraction of sp³-hybridized carbons (Fsp3) is 1.00. The van der Waals surface area contributed by atoms with Crippen LogP contribution in [0.15, 0.2) is 0 Å². The zero-order valence-corrected chi connectivity index (χ0v) is 11.6. The summed E-state index contributed by atoms with van der Waals surface area (Å²) in [4.78, 5) is 2.47. The Bertz CT molecular complexity index is 287. The highest BCUT2D eigenvalue weighted by molar-refractivity contribution is 5.05. The number of nitrogens with zero attached hydrogens (tertiary/aromatic N) is 1. The van der Waals surface area contributed by atoms with Crippen LogP contribution in [0.1, 0.15) is 57.8 Å². The van der Waals surface area contributed by atoms with Gasteiger partial charge in [-0.2, -0.15) is 0 Å². The molecule has 2 heterocycles. The van der Waals surface area contributed by atoms with E-state index in [0.717, 1.165) is 25.2 Å². The molecule has 3 atom stereocenters. The number of nitrogens with two attached hydrogens (primary N) is 1. The molecule has 3 heteroatoms. The van der Waals surface area contributed by atoms with Gasteiger partial charge in [0.05, 0.1) is 5.60 Å². The van der Waals surface area contributed by atoms with E-state index in [1.54, 1.807) is 0 Å². The third-order valence-corrected chi connectivity index (χ3v) is 5.92. The van der Waals surface area contributed by atoms with Crippen LogP contribution in [-0.4, -0.2) is 40.8 Å². The van der Waals surface area contributed by atoms with E-state index in [2.05, 4.69) is 11.9 Å². The molecule has 2 bridgehead atoms. The average molecular weight is 252 g/mol. The Labute approximate surface area is 111 Å². The summed E-state index contributed by atoms with van der Waals surface area (Å²) in [5.74, 6) is 0.779. The van der Waals surface area contributed by atoms with E-state index in [4.69, 9.17) is 5.73 Å². The first-order valence-electron chi connectivity index (χ1n) is 7.78. The lowest BCUT2D eigenvalue weighted by molar-refractivity contribution is -0.0661. The SMILES string of the molecule is CN1C2CCC1CC(O)(C(N)CC1CCCC1)C2. The third kappa shape index (κ3) is 2.21. The number of aliphatic hydroxyl groups is 1. The normalized spacial score (nSPS) is 43.5. The van der Waals surface area contributed by atoms with E-state index in [1.165, 1.54) is 38.5 Å². The van der Waals surface area contributed by atoms with E-state index in [0.29, 0.717) is 12.1 Å². The predicted octanol–water partition coefficient (Wildman–Crippen LogP) is 1.88. The molecule has 2 saturated heterocycles. The Balaban J connectivity index is 1.63. The molecule has 0 amide bonds. The topological polar surface area (TPSA) is 49.5 Å². The molecular weight excluding hydrogens is 224 g/mol. The van der Waals surface area contributed by atoms with Crippen molar-refractivity contribution < 1.29 is 5.11 Å². The lowest BCUT2D eigenvalue weighted by Crippen LogP contribution is -2.58. The van der Waals surface area contributed by atoms with Gasteiger partial charge >= 0.3 is 0 Å². The Morgan fingerprint density at radius 1 is 1.17 bits per heavy atom. The Kier molecular flexibility index (Phi) is 3.41. The maximum atomic E-state index is 10.9. The zero-order chi connectivity index (χ0) is 12.8. The van der Waals surface area contributed by atoms with Crippen LogP contribution in [0.3, 0.4) is 0 Å². The number of rotatable bonds is 3. The maximum absolute atomic E-state index is 10.9. The minimum atomic E-state index is -0.582. The van der Waals surface area contributed by atoms with Gasteiger partial charge in [-0.15, -0.1) is 0 Å². The largest absolute Gasteiger partial charge is 0.388 e. The van der Waals surface area contributed by atoms with Gasteiger partial charge in [0.15, 0.2) is 0 Å². The van der Waals surface area contributed by atoms with Crippen LogP contribution >= 0.6 is 0 Å². The van der Waals surface area contributed by atoms with Gasteiger partial charge in [0.25, 0.3) is 0 Å². The highest BCUT2D eigenvalue weighted by Crippen LogP contribution is 2.42. The van der Waals surface area contributed by atoms with Crippen molar-refractivity contribution in [1.29, 1.82) is 0 Å². The van der Waals surface area contributed by atoms with E-state index in [9.17, 15) is 5.11 Å². The van der Waals surface area contributed by atoms with Crippen molar-refractivity contribution in [2.24, 2.45) is 11.7 Å². The molecule has 3 nitrogen and oxygen atoms in total. The summed E-state index contributed by atoms with van der Waals surface area (Å²) >= 11 is 0. The fourth-order valence-corrected chi connectivity index (χ4v) is 4.61. The van der Waals surface area contributed by atoms with Crippen LogP contribution < -0.4 is 5.73 Å². The molecule has 0 aromatic carbocycles. The molecule has 3 N–H and O–H groups in total. The van der Waals surface area contributed by atoms with Crippen molar-refractivity contribution in [3.8, 4) is 0 Å². The maximum Gasteiger partial charge on any atom is 0.0827 e. The minimum Gasteiger partial charge on any atom is -0.388 e. The van der Waals surface area contributed by atoms with Crippen molar-refractivity contribution >= 4 is 0 Å². The first kappa shape index (κ1) is 12.9. The van der Waals surface area contributed by atoms with Crippen LogP contribution in [0.5, 0.6) is 0 Å². The van der Waals surface area contributed by atoms with Gasteiger partial charge in [0.1, 0.15) is 0 Å². The molecule has 18 heavy (non-hydrogen) atoms. The lowest BCUT2D eigenvalue weighted by atomic mass is 9.77. The molecule has 3 unspecified atom stereocenters. The van der Waals surface area contributed by atoms with Gasteiger partial charge in [0.2, 0.25) is 0 Å². The smallest absolute Gasteiger partial charge is 0.0827 e. The molecule has 0 aromatic rings. The van der Waals surface area contributed by atoms with Gasteiger partial charge < -0.3 is 15.7 Å². The monoisotopic (exact) mass is 252 g/mol. The molecule has 0 aromatic heterocycles. The van der Waals surface area contributed by atoms with Gasteiger partial charge in [-0.25, -0.2) is 0 Å². The Morgan fingerprint density at radius 3 is 2.28 bits per heavy atom. The molecule has 104 valence electrons. The van der Waals surface area contributed by atoms with Gasteiger partial charge in [-0.05, 0) is 45.1 Å². The third-order valence-electron chi connectivity index (χ3n) is 5.92. The van der Waals surface area contributed by atoms with Crippen molar-refractivity contribution in [2.45, 2.75) is 81.5 Å². The van der Waals surface area contributed by atoms with E-state index in [-0.39, 0.29) is 6.04 Å². The summed E-state index contributed by atoms with van der Waals surface area (Å²) in [7, 11) is 2.21. The van der Waals surface area contributed by atoms with E-state index in [1.807, 2.05) is 0 Å². The molecule has 3 fully saturated rings. The zero-order valence-electron chi connectivity index (χ0n) is 11.6. The first-order valence-corrected chi connectivity index (χ1v) is 7.78. The standard InChI is InChI=1S/C15H28N2O/c1-17-12-6-7-13(17)10-15(18,9-12)14(16)8-11-4-2-3-5-11/h11-14,18H,2-10,16H2,1H3. The molecule has 3 aliphatic rings. The molecule has 0 spiro atoms. The van der Waals surface area contributed by atoms with Crippen molar-refractivity contribution in [3.05, 3.63) is 0 Å². The highest BCUT2D eigenvalue weighted by Gasteiger charge is 2.48. The summed E-state index contributed by atoms with van der Waals surface area (Å²) < 4.78 is 0. The summed E-state index contributed by atoms with van der Waals surface area (Å²) in [6.07, 6.45) is 10.7. The summed E-state index contributed by atoms with van der Waals surface area (Å²) in [6, 6.07) is 1.14. The van der Waals surface area contributed by atoms with Crippen molar-refractivity contribution in [1.82, 2.24) is 4.90 Å². The van der Waals surface area contributed by atoms with Crippen LogP contribution in [0.2, 0.25) is 0 Å². The Morgan fingerprint density at radius 2 is 1.72 bits per heavy atom. The van der Waals surface area contributed by atoms with Crippen LogP contribution in [0, 0.1) is 5.92 Å². The molecule has 1 aliphatic carbocycles. The van der Waals surface area contributed by atoms with Gasteiger partial charge in [-0.3, -0.25) is 0 Å². The second kappa shape index (κ2) is 4.77. The minimum absolute atomic E-state index is 0.00241. The quantitative estimate of drug-likeness (QED) is 0.806. The van der Waals surface area contributed by atoms with Gasteiger partial charge in [-0.1, -0.05) is 25.7 Å². The van der Waals surface area contributed by atoms with Crippen LogP contribution in [0.25, 0.3) is 0 Å². The second-order valence-electron chi connectivity index (χ2n) is 7.05. The van der Waals surface area contributed by atoms with Crippen LogP contribution in [0.4, 0.5) is 0 Å². The average Bonchev–Trinajstić information content (AvgIpc) is 2.89. The lowest BCUT2D eigenvalue weighted by Gasteiger charge is -2.45. The number of hydrogen-bond acceptors (Lipinski definition) is 3. The van der Waals surface area contributed by atoms with E-state index < -0.39 is 5.60 Å². The summed E-state index contributed by atoms with van der Waals surface area (Å²) in [5.41, 5.74) is 5.81. The van der Waals surface area contributed by atoms with Crippen molar-refractivity contribution in [3.63, 3.8) is 0 Å². The molecular formula is C15H28N2O. The molecule has 2 aliphatic heterocycles. The highest BCUT2D eigenvalue weighted by atomic mass is 16.3. The second-order valence-corrected chi connectivity index (χ2v) is 7.05. The number of piperidine rings is 1. The number of fused-ring (bicyclic) bond motifs is 2. The molecule has 0 radical (unpaired) electrons. The van der Waals surface area contributed by atoms with Crippen molar-refractivity contribution in [2.75, 3.05) is 7.05 Å². The molecule has 1 saturated carbocycles. The Hall–Kier alpha value is -0.120. The summed E-state index contributed by atoms with van der Waals surface area (Å²) in [6.45, 7) is 0. The fourth-order valence-electron chi connectivity index (χ4n) is 4.61. The van der Waals surface area contributed by atoms with Crippen LogP contribution in [-0.2, 0) is 0 Å². The van der Waals surface area contributed by atoms with E-state index >= 15 is 0 Å². The van der Waals surface area contributed by atoms with Gasteiger partial charge in [0, 0.05) is 18.1 Å².